The summed E-state index contributed by atoms with van der Waals surface area (Å²) in [7, 11) is 1.65. The summed E-state index contributed by atoms with van der Waals surface area (Å²) in [5.41, 5.74) is 1.46. The highest BCUT2D eigenvalue weighted by molar-refractivity contribution is 5.98. The Labute approximate surface area is 175 Å². The van der Waals surface area contributed by atoms with Gasteiger partial charge in [-0.05, 0) is 43.5 Å². The Hall–Kier alpha value is -2.96. The number of Topliss-reactive ketones (excluding diaryl/α,β-unsaturated/α-hetero) is 1. The van der Waals surface area contributed by atoms with Crippen molar-refractivity contribution in [3.05, 3.63) is 59.2 Å². The maximum atomic E-state index is 13.2. The Morgan fingerprint density at radius 2 is 1.80 bits per heavy atom. The van der Waals surface area contributed by atoms with E-state index in [4.69, 9.17) is 4.74 Å². The summed E-state index contributed by atoms with van der Waals surface area (Å²) in [5, 5.41) is 0. The number of esters is 1. The van der Waals surface area contributed by atoms with Gasteiger partial charge in [0.15, 0.2) is 12.4 Å². The average molecular weight is 414 g/mol. The first-order valence-corrected chi connectivity index (χ1v) is 10.2. The molecule has 7 heteroatoms. The third-order valence-electron chi connectivity index (χ3n) is 5.55. The number of rotatable bonds is 7. The molecule has 1 amide bonds. The fraction of sp³-hybridized carbons (Fsp3) is 0.435. The van der Waals surface area contributed by atoms with E-state index in [1.165, 1.54) is 29.7 Å². The number of ether oxygens (including phenoxy) is 1. The number of aromatic nitrogens is 1. The number of carbonyl (C=O) groups excluding carboxylic acids is 3. The van der Waals surface area contributed by atoms with E-state index in [-0.39, 0.29) is 35.9 Å². The van der Waals surface area contributed by atoms with Crippen molar-refractivity contribution in [1.82, 2.24) is 9.47 Å². The van der Waals surface area contributed by atoms with Crippen LogP contribution in [-0.2, 0) is 23.1 Å². The van der Waals surface area contributed by atoms with Crippen molar-refractivity contribution < 1.29 is 23.5 Å². The molecular weight excluding hydrogens is 387 g/mol. The standard InChI is InChI=1S/C23H27FN2O4/c1-16(27)18-12-21(25(2)14-18)23(29)30-15-22(28)26(20-6-4-3-5-7-20)13-17-8-10-19(24)11-9-17/h8-12,14,20H,3-7,13,15H2,1-2H3. The lowest BCUT2D eigenvalue weighted by Gasteiger charge is -2.34. The van der Waals surface area contributed by atoms with Gasteiger partial charge in [0.05, 0.1) is 0 Å². The number of hydrogen-bond donors (Lipinski definition) is 0. The van der Waals surface area contributed by atoms with Gasteiger partial charge in [-0.25, -0.2) is 9.18 Å². The number of ketones is 1. The first-order chi connectivity index (χ1) is 14.3. The molecule has 0 spiro atoms. The monoisotopic (exact) mass is 414 g/mol. The topological polar surface area (TPSA) is 68.6 Å². The highest BCUT2D eigenvalue weighted by Gasteiger charge is 2.27. The molecule has 1 heterocycles. The molecule has 1 aromatic carbocycles. The zero-order chi connectivity index (χ0) is 21.7. The van der Waals surface area contributed by atoms with E-state index in [2.05, 4.69) is 0 Å². The van der Waals surface area contributed by atoms with Crippen molar-refractivity contribution in [1.29, 1.82) is 0 Å². The second-order valence-electron chi connectivity index (χ2n) is 7.80. The van der Waals surface area contributed by atoms with Crippen LogP contribution in [0.1, 0.15) is 65.4 Å². The van der Waals surface area contributed by atoms with Gasteiger partial charge in [0.25, 0.3) is 5.91 Å². The molecule has 0 unspecified atom stereocenters. The molecule has 1 fully saturated rings. The Balaban J connectivity index is 1.68. The summed E-state index contributed by atoms with van der Waals surface area (Å²) in [4.78, 5) is 38.6. The van der Waals surface area contributed by atoms with Crippen LogP contribution in [0.4, 0.5) is 4.39 Å². The van der Waals surface area contributed by atoms with Crippen LogP contribution in [0.2, 0.25) is 0 Å². The van der Waals surface area contributed by atoms with Crippen molar-refractivity contribution in [2.45, 2.75) is 51.6 Å². The van der Waals surface area contributed by atoms with Crippen molar-refractivity contribution in [3.63, 3.8) is 0 Å². The van der Waals surface area contributed by atoms with Gasteiger partial charge in [-0.3, -0.25) is 9.59 Å². The zero-order valence-corrected chi connectivity index (χ0v) is 17.4. The minimum Gasteiger partial charge on any atom is -0.451 e. The van der Waals surface area contributed by atoms with E-state index < -0.39 is 5.97 Å². The van der Waals surface area contributed by atoms with Gasteiger partial charge < -0.3 is 14.2 Å². The zero-order valence-electron chi connectivity index (χ0n) is 17.4. The Morgan fingerprint density at radius 1 is 1.13 bits per heavy atom. The smallest absolute Gasteiger partial charge is 0.355 e. The minimum atomic E-state index is -0.649. The van der Waals surface area contributed by atoms with E-state index in [9.17, 15) is 18.8 Å². The van der Waals surface area contributed by atoms with Crippen LogP contribution in [0.5, 0.6) is 0 Å². The normalized spacial score (nSPS) is 14.4. The lowest BCUT2D eigenvalue weighted by atomic mass is 9.93. The molecule has 0 N–H and O–H groups in total. The molecular formula is C23H27FN2O4. The summed E-state index contributed by atoms with van der Waals surface area (Å²) in [6.45, 7) is 1.39. The average Bonchev–Trinajstić information content (AvgIpc) is 3.14. The molecule has 1 aliphatic carbocycles. The molecule has 160 valence electrons. The van der Waals surface area contributed by atoms with Crippen LogP contribution in [-0.4, -0.2) is 39.8 Å². The Kier molecular flexibility index (Phi) is 7.03. The fourth-order valence-electron chi connectivity index (χ4n) is 3.84. The molecule has 0 saturated heterocycles. The Bertz CT molecular complexity index is 914. The summed E-state index contributed by atoms with van der Waals surface area (Å²) < 4.78 is 20.0. The number of carbonyl (C=O) groups is 3. The predicted molar refractivity (Wildman–Crippen MR) is 110 cm³/mol. The Morgan fingerprint density at radius 3 is 2.40 bits per heavy atom. The largest absolute Gasteiger partial charge is 0.451 e. The van der Waals surface area contributed by atoms with Crippen LogP contribution in [0.25, 0.3) is 0 Å². The van der Waals surface area contributed by atoms with Crippen LogP contribution >= 0.6 is 0 Å². The maximum absolute atomic E-state index is 13.2. The summed E-state index contributed by atoms with van der Waals surface area (Å²) >= 11 is 0. The van der Waals surface area contributed by atoms with E-state index >= 15 is 0 Å². The molecule has 3 rings (SSSR count). The number of halogens is 1. The summed E-state index contributed by atoms with van der Waals surface area (Å²) in [6, 6.07) is 7.62. The van der Waals surface area contributed by atoms with Crippen LogP contribution in [0, 0.1) is 5.82 Å². The highest BCUT2D eigenvalue weighted by Crippen LogP contribution is 2.24. The lowest BCUT2D eigenvalue weighted by molar-refractivity contribution is -0.138. The minimum absolute atomic E-state index is 0.0781. The van der Waals surface area contributed by atoms with Crippen molar-refractivity contribution in [3.8, 4) is 0 Å². The van der Waals surface area contributed by atoms with Crippen molar-refractivity contribution in [2.75, 3.05) is 6.61 Å². The third kappa shape index (κ3) is 5.34. The lowest BCUT2D eigenvalue weighted by Crippen LogP contribution is -2.43. The van der Waals surface area contributed by atoms with Gasteiger partial charge in [-0.1, -0.05) is 31.4 Å². The summed E-state index contributed by atoms with van der Waals surface area (Å²) in [6.07, 6.45) is 6.62. The highest BCUT2D eigenvalue weighted by atomic mass is 19.1. The van der Waals surface area contributed by atoms with E-state index in [1.54, 1.807) is 30.3 Å². The molecule has 0 aliphatic heterocycles. The van der Waals surface area contributed by atoms with Gasteiger partial charge in [-0.15, -0.1) is 0 Å². The van der Waals surface area contributed by atoms with Crippen LogP contribution in [0.15, 0.2) is 36.5 Å². The van der Waals surface area contributed by atoms with E-state index in [0.29, 0.717) is 12.1 Å². The van der Waals surface area contributed by atoms with Gasteiger partial charge in [-0.2, -0.15) is 0 Å². The van der Waals surface area contributed by atoms with E-state index in [0.717, 1.165) is 37.7 Å². The molecule has 0 bridgehead atoms. The molecule has 1 aromatic heterocycles. The van der Waals surface area contributed by atoms with Crippen molar-refractivity contribution in [2.24, 2.45) is 7.05 Å². The molecule has 6 nitrogen and oxygen atoms in total. The van der Waals surface area contributed by atoms with Gasteiger partial charge in [0.1, 0.15) is 11.5 Å². The number of amides is 1. The quantitative estimate of drug-likeness (QED) is 0.509. The molecule has 1 saturated carbocycles. The molecule has 1 aliphatic rings. The molecule has 30 heavy (non-hydrogen) atoms. The van der Waals surface area contributed by atoms with Gasteiger partial charge >= 0.3 is 5.97 Å². The molecule has 0 radical (unpaired) electrons. The summed E-state index contributed by atoms with van der Waals surface area (Å²) in [5.74, 6) is -1.40. The maximum Gasteiger partial charge on any atom is 0.355 e. The second kappa shape index (κ2) is 9.69. The number of hydrogen-bond acceptors (Lipinski definition) is 4. The number of benzene rings is 1. The number of nitrogens with zero attached hydrogens (tertiary/aromatic N) is 2. The van der Waals surface area contributed by atoms with Crippen molar-refractivity contribution >= 4 is 17.7 Å². The molecule has 2 aromatic rings. The molecule has 0 atom stereocenters. The first kappa shape index (κ1) is 21.7. The second-order valence-corrected chi connectivity index (χ2v) is 7.80. The van der Waals surface area contributed by atoms with Gasteiger partial charge in [0.2, 0.25) is 0 Å². The van der Waals surface area contributed by atoms with E-state index in [1.807, 2.05) is 0 Å². The third-order valence-corrected chi connectivity index (χ3v) is 5.55. The van der Waals surface area contributed by atoms with Crippen LogP contribution in [0.3, 0.4) is 0 Å². The van der Waals surface area contributed by atoms with Gasteiger partial charge in [0, 0.05) is 31.4 Å². The first-order valence-electron chi connectivity index (χ1n) is 10.2. The fourth-order valence-corrected chi connectivity index (χ4v) is 3.84. The van der Waals surface area contributed by atoms with Crippen LogP contribution < -0.4 is 0 Å². The predicted octanol–water partition coefficient (Wildman–Crippen LogP) is 3.89. The number of aryl methyl sites for hydroxylation is 1. The SMILES string of the molecule is CC(=O)c1cc(C(=O)OCC(=O)N(Cc2ccc(F)cc2)C2CCCCC2)n(C)c1.